The number of aryl methyl sites for hydroxylation is 1. The number of carbonyl (C=O) groups is 2. The molecular formula is C50H65N7O7S2Si. The SMILES string of the molecule is CN(CCCn1nnc2cc(CNC[C@H](O[Si](C)(C)C(C)(C)C)c3ccc(O)c4[nH]c(=O)ccc34)ccc21)C(=O)CCC1(N)CCC2(CC1)CC(OC(=O)C(O)(c1cccs1)c1cccs1)C2. The number of nitrogens with zero attached hydrogens (tertiary/aromatic N) is 4. The number of fused-ring (bicyclic) bond motifs is 2. The number of phenolic OH excluding ortho intramolecular Hbond substituents is 1. The van der Waals surface area contributed by atoms with Gasteiger partial charge in [-0.2, -0.15) is 0 Å². The number of carbonyl (C=O) groups excluding carboxylic acids is 2. The Morgan fingerprint density at radius 1 is 1.03 bits per heavy atom. The minimum Gasteiger partial charge on any atom is -0.506 e. The van der Waals surface area contributed by atoms with Crippen LogP contribution in [-0.2, 0) is 37.4 Å². The third kappa shape index (κ3) is 10.5. The Kier molecular flexibility index (Phi) is 14.0. The number of benzene rings is 2. The molecule has 17 heteroatoms. The van der Waals surface area contributed by atoms with E-state index in [2.05, 4.69) is 60.5 Å². The summed E-state index contributed by atoms with van der Waals surface area (Å²) in [7, 11) is -0.379. The van der Waals surface area contributed by atoms with Gasteiger partial charge in [0.15, 0.2) is 8.32 Å². The van der Waals surface area contributed by atoms with E-state index in [4.69, 9.17) is 14.9 Å². The van der Waals surface area contributed by atoms with Gasteiger partial charge in [0.2, 0.25) is 17.1 Å². The molecule has 0 radical (unpaired) electrons. The second-order valence-corrected chi connectivity index (χ2v) is 27.2. The molecule has 0 aliphatic heterocycles. The van der Waals surface area contributed by atoms with E-state index in [-0.39, 0.29) is 39.9 Å². The number of hydrogen-bond donors (Lipinski definition) is 5. The van der Waals surface area contributed by atoms with Gasteiger partial charge in [-0.3, -0.25) is 9.59 Å². The van der Waals surface area contributed by atoms with E-state index in [9.17, 15) is 24.6 Å². The van der Waals surface area contributed by atoms with Gasteiger partial charge in [-0.1, -0.05) is 50.3 Å². The molecule has 6 aromatic rings. The molecule has 1 spiro atoms. The fraction of sp³-hybridized carbons (Fsp3) is 0.500. The van der Waals surface area contributed by atoms with Crippen LogP contribution in [0.2, 0.25) is 18.1 Å². The molecule has 358 valence electrons. The van der Waals surface area contributed by atoms with Crippen LogP contribution in [0.15, 0.2) is 82.3 Å². The van der Waals surface area contributed by atoms with Crippen molar-refractivity contribution >= 4 is 64.8 Å². The number of aromatic amines is 1. The zero-order valence-electron chi connectivity index (χ0n) is 39.5. The quantitative estimate of drug-likeness (QED) is 0.0409. The van der Waals surface area contributed by atoms with Crippen LogP contribution in [0, 0.1) is 5.41 Å². The average Bonchev–Trinajstić information content (AvgIpc) is 4.10. The lowest BCUT2D eigenvalue weighted by Gasteiger charge is -2.53. The first-order valence-electron chi connectivity index (χ1n) is 23.4. The van der Waals surface area contributed by atoms with Crippen LogP contribution in [0.3, 0.4) is 0 Å². The highest BCUT2D eigenvalue weighted by Crippen LogP contribution is 2.55. The lowest BCUT2D eigenvalue weighted by Crippen LogP contribution is -2.53. The number of pyridine rings is 1. The van der Waals surface area contributed by atoms with E-state index in [1.807, 2.05) is 52.8 Å². The van der Waals surface area contributed by atoms with Crippen molar-refractivity contribution in [2.75, 3.05) is 20.1 Å². The van der Waals surface area contributed by atoms with E-state index in [0.717, 1.165) is 72.5 Å². The summed E-state index contributed by atoms with van der Waals surface area (Å²) in [5.74, 6) is -0.516. The van der Waals surface area contributed by atoms with Crippen LogP contribution in [0.5, 0.6) is 5.75 Å². The topological polar surface area (TPSA) is 198 Å². The first-order chi connectivity index (χ1) is 31.8. The van der Waals surface area contributed by atoms with Crippen LogP contribution >= 0.6 is 22.7 Å². The van der Waals surface area contributed by atoms with Crippen LogP contribution in [0.4, 0.5) is 0 Å². The Morgan fingerprint density at radius 2 is 1.73 bits per heavy atom. The third-order valence-electron chi connectivity index (χ3n) is 14.8. The summed E-state index contributed by atoms with van der Waals surface area (Å²) in [5.41, 5.74) is 8.59. The molecular weight excluding hydrogens is 903 g/mol. The Labute approximate surface area is 401 Å². The Hall–Kier alpha value is -4.75. The number of aliphatic hydroxyl groups is 1. The highest BCUT2D eigenvalue weighted by atomic mass is 32.1. The molecule has 4 aromatic heterocycles. The molecule has 1 amide bonds. The zero-order valence-corrected chi connectivity index (χ0v) is 42.1. The largest absolute Gasteiger partial charge is 0.506 e. The van der Waals surface area contributed by atoms with Crippen LogP contribution in [0.1, 0.15) is 106 Å². The summed E-state index contributed by atoms with van der Waals surface area (Å²) in [6.07, 6.45) is 6.23. The predicted octanol–water partition coefficient (Wildman–Crippen LogP) is 8.48. The smallest absolute Gasteiger partial charge is 0.349 e. The fourth-order valence-corrected chi connectivity index (χ4v) is 12.5. The summed E-state index contributed by atoms with van der Waals surface area (Å²) in [4.78, 5) is 44.6. The van der Waals surface area contributed by atoms with Gasteiger partial charge in [0, 0.05) is 56.6 Å². The fourth-order valence-electron chi connectivity index (χ4n) is 9.51. The van der Waals surface area contributed by atoms with Gasteiger partial charge < -0.3 is 40.3 Å². The number of H-pyrrole nitrogens is 1. The number of rotatable bonds is 18. The van der Waals surface area contributed by atoms with Crippen molar-refractivity contribution in [1.29, 1.82) is 0 Å². The van der Waals surface area contributed by atoms with E-state index in [1.165, 1.54) is 28.7 Å². The number of phenols is 1. The number of nitrogens with one attached hydrogen (secondary N) is 2. The molecule has 6 N–H and O–H groups in total. The zero-order chi connectivity index (χ0) is 47.8. The molecule has 2 saturated carbocycles. The van der Waals surface area contributed by atoms with Crippen molar-refractivity contribution in [2.45, 2.75) is 133 Å². The van der Waals surface area contributed by atoms with Gasteiger partial charge in [0.05, 0.1) is 26.9 Å². The van der Waals surface area contributed by atoms with Crippen molar-refractivity contribution in [1.82, 2.24) is 30.2 Å². The summed E-state index contributed by atoms with van der Waals surface area (Å²) < 4.78 is 14.8. The molecule has 0 saturated heterocycles. The third-order valence-corrected chi connectivity index (χ3v) is 21.3. The van der Waals surface area contributed by atoms with Crippen molar-refractivity contribution in [3.63, 3.8) is 0 Å². The monoisotopic (exact) mass is 967 g/mol. The van der Waals surface area contributed by atoms with Crippen LogP contribution < -0.4 is 16.6 Å². The second-order valence-electron chi connectivity index (χ2n) is 20.6. The van der Waals surface area contributed by atoms with Gasteiger partial charge >= 0.3 is 5.97 Å². The number of aromatic hydroxyl groups is 1. The molecule has 4 heterocycles. The number of thiophene rings is 2. The second kappa shape index (κ2) is 19.3. The standard InChI is InChI=1S/C50H65N7O7S2Si/c1-47(2,3)67(5,6)64-40(35-13-16-39(58)45-36(35)14-17-43(59)53-45)32-52-31-33-12-15-38-37(28-33)54-55-57(38)25-9-24-56(4)44(60)18-19-49(51)22-20-48(21-23-49)29-34(30-48)63-46(61)50(62,41-10-7-26-65-41)42-11-8-27-66-42/h7-8,10-17,26-28,34,40,52,58,62H,9,18-25,29-32,51H2,1-6H3,(H,53,59)/t34?,40-,48?,49?/m0/s1. The van der Waals surface area contributed by atoms with Crippen molar-refractivity contribution in [3.8, 4) is 5.75 Å². The maximum absolute atomic E-state index is 13.5. The predicted molar refractivity (Wildman–Crippen MR) is 267 cm³/mol. The normalized spacial score (nSPS) is 20.6. The van der Waals surface area contributed by atoms with Crippen LogP contribution in [0.25, 0.3) is 21.9 Å². The van der Waals surface area contributed by atoms with Gasteiger partial charge in [-0.05, 0) is 133 Å². The van der Waals surface area contributed by atoms with Crippen molar-refractivity contribution in [3.05, 3.63) is 109 Å². The van der Waals surface area contributed by atoms with Gasteiger partial charge in [-0.25, -0.2) is 9.48 Å². The number of hydrogen-bond acceptors (Lipinski definition) is 13. The first kappa shape index (κ1) is 48.7. The molecule has 2 aliphatic rings. The molecule has 2 aliphatic carbocycles. The summed E-state index contributed by atoms with van der Waals surface area (Å²) in [6.45, 7) is 13.3. The molecule has 8 rings (SSSR count). The molecule has 2 aromatic carbocycles. The Balaban J connectivity index is 0.780. The van der Waals surface area contributed by atoms with E-state index in [1.54, 1.807) is 29.2 Å². The highest BCUT2D eigenvalue weighted by molar-refractivity contribution is 7.12. The molecule has 2 fully saturated rings. The molecule has 1 atom stereocenters. The molecule has 67 heavy (non-hydrogen) atoms. The highest BCUT2D eigenvalue weighted by Gasteiger charge is 2.52. The number of esters is 1. The number of amides is 1. The maximum atomic E-state index is 13.5. The van der Waals surface area contributed by atoms with Gasteiger partial charge in [0.1, 0.15) is 17.4 Å². The Morgan fingerprint density at radius 3 is 2.39 bits per heavy atom. The number of ether oxygens (including phenoxy) is 1. The van der Waals surface area contributed by atoms with Crippen molar-refractivity contribution in [2.24, 2.45) is 11.1 Å². The van der Waals surface area contributed by atoms with Gasteiger partial charge in [0.25, 0.3) is 0 Å². The summed E-state index contributed by atoms with van der Waals surface area (Å²) in [5, 5.41) is 39.1. The molecule has 0 bridgehead atoms. The van der Waals surface area contributed by atoms with E-state index in [0.29, 0.717) is 54.3 Å². The molecule has 0 unspecified atom stereocenters. The first-order valence-corrected chi connectivity index (χ1v) is 28.0. The summed E-state index contributed by atoms with van der Waals surface area (Å²) >= 11 is 2.68. The molecule has 14 nitrogen and oxygen atoms in total. The minimum absolute atomic E-state index is 0.0204. The Bertz CT molecular complexity index is 2700. The van der Waals surface area contributed by atoms with Crippen LogP contribution in [-0.4, -0.2) is 87.1 Å². The van der Waals surface area contributed by atoms with Gasteiger partial charge in [-0.15, -0.1) is 27.8 Å². The minimum atomic E-state index is -2.23. The lowest BCUT2D eigenvalue weighted by atomic mass is 9.56. The average molecular weight is 968 g/mol. The number of aromatic nitrogens is 4. The lowest BCUT2D eigenvalue weighted by molar-refractivity contribution is -0.181. The number of nitrogens with two attached hydrogens (primary N) is 1. The van der Waals surface area contributed by atoms with Crippen molar-refractivity contribution < 1.29 is 29.0 Å². The van der Waals surface area contributed by atoms with E-state index >= 15 is 0 Å². The van der Waals surface area contributed by atoms with E-state index < -0.39 is 25.4 Å². The summed E-state index contributed by atoms with van der Waals surface area (Å²) in [6, 6.07) is 20.1. The maximum Gasteiger partial charge on any atom is 0.349 e.